The van der Waals surface area contributed by atoms with Gasteiger partial charge >= 0.3 is 15.5 Å². The summed E-state index contributed by atoms with van der Waals surface area (Å²) >= 11 is 0. The minimum Gasteiger partial charge on any atom is -0.347 e. The third kappa shape index (κ3) is 4.92. The minimum atomic E-state index is -5.62. The maximum absolute atomic E-state index is 14.8. The zero-order valence-corrected chi connectivity index (χ0v) is 20.7. The second-order valence-corrected chi connectivity index (χ2v) is 10.0. The van der Waals surface area contributed by atoms with Crippen LogP contribution in [-0.2, 0) is 23.0 Å². The number of imidazole rings is 1. The van der Waals surface area contributed by atoms with Gasteiger partial charge in [-0.2, -0.15) is 26.7 Å². The Balaban J connectivity index is 1.50. The number of carbonyl (C=O) groups is 1. The zero-order chi connectivity index (χ0) is 27.1. The Morgan fingerprint density at radius 1 is 1.16 bits per heavy atom. The number of amidine groups is 1. The standard InChI is InChI=1S/C21H22F4N8O3S/c1-4-16-17(31-11-12(2)8-28-20(31)29-16)19(34)27-10-14-7-15(22)18(26-9-14)32-5-6-33(13(3)30-32)37(35,36)21(23,24)25/h7-9,11H,4-6,10H2,1-3H3,(H,27,34). The Hall–Kier alpha value is -3.82. The van der Waals surface area contributed by atoms with Crippen LogP contribution in [0.25, 0.3) is 5.78 Å². The van der Waals surface area contributed by atoms with Crippen LogP contribution in [-0.4, -0.2) is 62.4 Å². The molecule has 0 atom stereocenters. The van der Waals surface area contributed by atoms with Crippen LogP contribution in [0.1, 0.15) is 41.2 Å². The van der Waals surface area contributed by atoms with Crippen LogP contribution in [0, 0.1) is 12.7 Å². The molecule has 0 saturated heterocycles. The summed E-state index contributed by atoms with van der Waals surface area (Å²) in [4.78, 5) is 25.5. The van der Waals surface area contributed by atoms with E-state index in [4.69, 9.17) is 0 Å². The lowest BCUT2D eigenvalue weighted by Crippen LogP contribution is -2.50. The topological polar surface area (TPSA) is 125 Å². The number of sulfonamides is 1. The number of rotatable bonds is 6. The number of nitrogens with zero attached hydrogens (tertiary/aromatic N) is 7. The number of aromatic nitrogens is 4. The molecule has 0 spiro atoms. The van der Waals surface area contributed by atoms with Gasteiger partial charge in [0.05, 0.1) is 18.8 Å². The van der Waals surface area contributed by atoms with Gasteiger partial charge < -0.3 is 5.32 Å². The summed E-state index contributed by atoms with van der Waals surface area (Å²) in [7, 11) is -5.62. The number of alkyl halides is 3. The maximum Gasteiger partial charge on any atom is 0.516 e. The van der Waals surface area contributed by atoms with Gasteiger partial charge in [-0.05, 0) is 37.5 Å². The Kier molecular flexibility index (Phi) is 6.79. The minimum absolute atomic E-state index is 0.0709. The number of nitrogens with one attached hydrogen (secondary N) is 1. The number of hydrazone groups is 1. The molecule has 1 aliphatic heterocycles. The molecule has 1 aliphatic rings. The smallest absolute Gasteiger partial charge is 0.347 e. The lowest BCUT2D eigenvalue weighted by atomic mass is 10.2. The van der Waals surface area contributed by atoms with Crippen LogP contribution in [0.15, 0.2) is 29.8 Å². The summed E-state index contributed by atoms with van der Waals surface area (Å²) in [5.41, 5.74) is -3.48. The molecule has 0 bridgehead atoms. The first-order valence-electron chi connectivity index (χ1n) is 11.0. The second kappa shape index (κ2) is 9.57. The normalized spacial score (nSPS) is 14.7. The lowest BCUT2D eigenvalue weighted by Gasteiger charge is -2.32. The Labute approximate surface area is 208 Å². The Morgan fingerprint density at radius 3 is 2.51 bits per heavy atom. The van der Waals surface area contributed by atoms with Crippen LogP contribution in [0.5, 0.6) is 0 Å². The first-order valence-corrected chi connectivity index (χ1v) is 12.5. The third-order valence-electron chi connectivity index (χ3n) is 5.53. The van der Waals surface area contributed by atoms with Crippen molar-refractivity contribution in [1.82, 2.24) is 29.0 Å². The summed E-state index contributed by atoms with van der Waals surface area (Å²) in [5.74, 6) is -1.69. The highest BCUT2D eigenvalue weighted by atomic mass is 32.2. The molecule has 16 heteroatoms. The van der Waals surface area contributed by atoms with E-state index in [9.17, 15) is 30.8 Å². The fourth-order valence-corrected chi connectivity index (χ4v) is 4.74. The highest BCUT2D eigenvalue weighted by Crippen LogP contribution is 2.29. The first-order chi connectivity index (χ1) is 17.3. The van der Waals surface area contributed by atoms with Crippen molar-refractivity contribution in [2.45, 2.75) is 39.2 Å². The molecule has 37 heavy (non-hydrogen) atoms. The molecule has 1 amide bonds. The first kappa shape index (κ1) is 26.2. The third-order valence-corrected chi connectivity index (χ3v) is 7.14. The molecule has 3 aromatic heterocycles. The molecule has 0 fully saturated rings. The van der Waals surface area contributed by atoms with Crippen LogP contribution >= 0.6 is 0 Å². The van der Waals surface area contributed by atoms with E-state index in [-0.39, 0.29) is 23.2 Å². The summed E-state index contributed by atoms with van der Waals surface area (Å²) in [5, 5.41) is 7.46. The largest absolute Gasteiger partial charge is 0.516 e. The van der Waals surface area contributed by atoms with Crippen molar-refractivity contribution in [3.63, 3.8) is 0 Å². The second-order valence-electron chi connectivity index (χ2n) is 8.19. The van der Waals surface area contributed by atoms with Crippen LogP contribution in [0.2, 0.25) is 0 Å². The fraction of sp³-hybridized carbons (Fsp3) is 0.381. The molecule has 198 valence electrons. The summed E-state index contributed by atoms with van der Waals surface area (Å²) in [6, 6.07) is 1.10. The maximum atomic E-state index is 14.8. The van der Waals surface area contributed by atoms with Gasteiger partial charge in [0.1, 0.15) is 11.5 Å². The highest BCUT2D eigenvalue weighted by molar-refractivity contribution is 7.90. The number of amides is 1. The van der Waals surface area contributed by atoms with E-state index in [1.807, 2.05) is 13.8 Å². The Bertz CT molecular complexity index is 1500. The van der Waals surface area contributed by atoms with Gasteiger partial charge in [0.25, 0.3) is 5.91 Å². The van der Waals surface area contributed by atoms with Crippen molar-refractivity contribution < 1.29 is 30.8 Å². The number of hydrogen-bond acceptors (Lipinski definition) is 8. The van der Waals surface area contributed by atoms with Crippen molar-refractivity contribution in [2.24, 2.45) is 5.10 Å². The predicted molar refractivity (Wildman–Crippen MR) is 125 cm³/mol. The lowest BCUT2D eigenvalue weighted by molar-refractivity contribution is -0.0473. The molecule has 4 heterocycles. The van der Waals surface area contributed by atoms with Crippen molar-refractivity contribution in [3.05, 3.63) is 53.0 Å². The highest BCUT2D eigenvalue weighted by Gasteiger charge is 2.51. The Morgan fingerprint density at radius 2 is 1.89 bits per heavy atom. The van der Waals surface area contributed by atoms with E-state index in [1.54, 1.807) is 16.8 Å². The van der Waals surface area contributed by atoms with Crippen molar-refractivity contribution in [1.29, 1.82) is 0 Å². The van der Waals surface area contributed by atoms with Gasteiger partial charge in [-0.1, -0.05) is 6.92 Å². The van der Waals surface area contributed by atoms with Gasteiger partial charge in [-0.15, -0.1) is 0 Å². The van der Waals surface area contributed by atoms with Gasteiger partial charge in [0.15, 0.2) is 11.6 Å². The summed E-state index contributed by atoms with van der Waals surface area (Å²) in [6.45, 7) is 3.73. The molecule has 11 nitrogen and oxygen atoms in total. The molecule has 0 saturated carbocycles. The van der Waals surface area contributed by atoms with Gasteiger partial charge in [-0.25, -0.2) is 28.7 Å². The molecule has 4 rings (SSSR count). The predicted octanol–water partition coefficient (Wildman–Crippen LogP) is 2.37. The van der Waals surface area contributed by atoms with E-state index in [0.29, 0.717) is 29.1 Å². The van der Waals surface area contributed by atoms with E-state index in [2.05, 4.69) is 25.4 Å². The van der Waals surface area contributed by atoms with Gasteiger partial charge in [0, 0.05) is 25.1 Å². The van der Waals surface area contributed by atoms with Crippen LogP contribution in [0.3, 0.4) is 0 Å². The molecule has 0 aliphatic carbocycles. The van der Waals surface area contributed by atoms with Crippen molar-refractivity contribution in [3.8, 4) is 0 Å². The summed E-state index contributed by atoms with van der Waals surface area (Å²) in [6.07, 6.45) is 5.15. The average molecular weight is 543 g/mol. The number of carbonyl (C=O) groups excluding carboxylic acids is 1. The number of anilines is 1. The SMILES string of the molecule is CCc1nc2ncc(C)cn2c1C(=O)NCc1cnc(N2CCN(S(=O)(=O)C(F)(F)F)C(C)=N2)c(F)c1. The number of hydrogen-bond donors (Lipinski definition) is 1. The molecule has 1 N–H and O–H groups in total. The van der Waals surface area contributed by atoms with Crippen molar-refractivity contribution in [2.75, 3.05) is 18.1 Å². The van der Waals surface area contributed by atoms with E-state index in [1.165, 1.54) is 6.20 Å². The van der Waals surface area contributed by atoms with E-state index >= 15 is 0 Å². The van der Waals surface area contributed by atoms with E-state index < -0.39 is 39.6 Å². The molecular weight excluding hydrogens is 520 g/mol. The fourth-order valence-electron chi connectivity index (χ4n) is 3.78. The van der Waals surface area contributed by atoms with Gasteiger partial charge in [0.2, 0.25) is 5.78 Å². The molecule has 3 aromatic rings. The average Bonchev–Trinajstić information content (AvgIpc) is 3.19. The number of aryl methyl sites for hydroxylation is 2. The molecule has 0 unspecified atom stereocenters. The zero-order valence-electron chi connectivity index (χ0n) is 19.9. The number of halogens is 4. The molecule has 0 aromatic carbocycles. The van der Waals surface area contributed by atoms with Crippen LogP contribution < -0.4 is 10.3 Å². The molecular formula is C21H22F4N8O3S. The van der Waals surface area contributed by atoms with Crippen molar-refractivity contribution >= 4 is 33.4 Å². The molecule has 0 radical (unpaired) electrons. The van der Waals surface area contributed by atoms with Gasteiger partial charge in [-0.3, -0.25) is 9.20 Å². The quantitative estimate of drug-likeness (QED) is 0.474. The summed E-state index contributed by atoms with van der Waals surface area (Å²) < 4.78 is 78.5. The van der Waals surface area contributed by atoms with Crippen LogP contribution in [0.4, 0.5) is 23.4 Å². The monoisotopic (exact) mass is 542 g/mol. The number of pyridine rings is 1. The number of fused-ring (bicyclic) bond motifs is 1. The van der Waals surface area contributed by atoms with E-state index in [0.717, 1.165) is 23.6 Å².